The zero-order chi connectivity index (χ0) is 22.5. The number of nitrogens with one attached hydrogen (secondary N) is 1. The standard InChI is InChI=1S/C22H30N4O3S2/c1-6-25(7-2)16(17-10-9-11-29-17)12-23-18(27)13-30-22-24-20-19(14(4)15(5)31-20)21(28)26(22)8-3/h9-11,16H,6-8,12-13H2,1-5H3,(H,23,27). The van der Waals surface area contributed by atoms with Crippen molar-refractivity contribution in [2.24, 2.45) is 0 Å². The van der Waals surface area contributed by atoms with Crippen LogP contribution in [0.25, 0.3) is 10.2 Å². The molecule has 1 N–H and O–H groups in total. The van der Waals surface area contributed by atoms with Gasteiger partial charge < -0.3 is 9.73 Å². The van der Waals surface area contributed by atoms with Crippen molar-refractivity contribution in [3.8, 4) is 0 Å². The maximum atomic E-state index is 12.9. The Balaban J connectivity index is 1.70. The van der Waals surface area contributed by atoms with Crippen LogP contribution in [0, 0.1) is 13.8 Å². The summed E-state index contributed by atoms with van der Waals surface area (Å²) < 4.78 is 7.25. The first-order valence-corrected chi connectivity index (χ1v) is 12.4. The highest BCUT2D eigenvalue weighted by atomic mass is 32.2. The minimum absolute atomic E-state index is 0.0145. The summed E-state index contributed by atoms with van der Waals surface area (Å²) in [6, 6.07) is 3.79. The van der Waals surface area contributed by atoms with Crippen LogP contribution in [-0.2, 0) is 11.3 Å². The van der Waals surface area contributed by atoms with Gasteiger partial charge in [0.05, 0.1) is 23.4 Å². The first-order chi connectivity index (χ1) is 14.9. The van der Waals surface area contributed by atoms with Gasteiger partial charge in [0.15, 0.2) is 5.16 Å². The van der Waals surface area contributed by atoms with Crippen LogP contribution >= 0.6 is 23.1 Å². The molecule has 0 saturated carbocycles. The number of carbonyl (C=O) groups is 1. The number of aryl methyl sites for hydroxylation is 2. The molecule has 31 heavy (non-hydrogen) atoms. The van der Waals surface area contributed by atoms with Gasteiger partial charge in [-0.3, -0.25) is 19.1 Å². The van der Waals surface area contributed by atoms with E-state index < -0.39 is 0 Å². The van der Waals surface area contributed by atoms with Crippen molar-refractivity contribution in [3.63, 3.8) is 0 Å². The molecule has 0 spiro atoms. The van der Waals surface area contributed by atoms with Crippen molar-refractivity contribution >= 4 is 39.2 Å². The van der Waals surface area contributed by atoms with E-state index in [9.17, 15) is 9.59 Å². The zero-order valence-electron chi connectivity index (χ0n) is 18.7. The third kappa shape index (κ3) is 5.05. The molecule has 0 aliphatic heterocycles. The van der Waals surface area contributed by atoms with Crippen molar-refractivity contribution in [3.05, 3.63) is 45.0 Å². The van der Waals surface area contributed by atoms with Gasteiger partial charge in [0.1, 0.15) is 10.6 Å². The Kier molecular flexibility index (Phi) is 7.96. The molecule has 1 atom stereocenters. The molecule has 0 aliphatic rings. The summed E-state index contributed by atoms with van der Waals surface area (Å²) in [6.45, 7) is 12.8. The number of amides is 1. The molecule has 7 nitrogen and oxygen atoms in total. The van der Waals surface area contributed by atoms with E-state index in [1.807, 2.05) is 32.9 Å². The number of aromatic nitrogens is 2. The number of furan rings is 1. The molecule has 168 valence electrons. The lowest BCUT2D eigenvalue weighted by atomic mass is 10.2. The number of fused-ring (bicyclic) bond motifs is 1. The van der Waals surface area contributed by atoms with Crippen LogP contribution in [0.4, 0.5) is 0 Å². The monoisotopic (exact) mass is 462 g/mol. The van der Waals surface area contributed by atoms with E-state index in [4.69, 9.17) is 9.40 Å². The Morgan fingerprint density at radius 3 is 2.68 bits per heavy atom. The van der Waals surface area contributed by atoms with Gasteiger partial charge in [0.25, 0.3) is 5.56 Å². The molecule has 3 rings (SSSR count). The summed E-state index contributed by atoms with van der Waals surface area (Å²) in [5, 5.41) is 4.30. The minimum Gasteiger partial charge on any atom is -0.468 e. The molecule has 9 heteroatoms. The van der Waals surface area contributed by atoms with Crippen molar-refractivity contribution in [2.45, 2.75) is 52.4 Å². The van der Waals surface area contributed by atoms with Crippen LogP contribution in [0.3, 0.4) is 0 Å². The van der Waals surface area contributed by atoms with Gasteiger partial charge in [-0.15, -0.1) is 11.3 Å². The number of thiophene rings is 1. The van der Waals surface area contributed by atoms with Crippen LogP contribution in [0.1, 0.15) is 43.0 Å². The van der Waals surface area contributed by atoms with E-state index in [0.717, 1.165) is 34.1 Å². The Bertz CT molecular complexity index is 1080. The zero-order valence-corrected chi connectivity index (χ0v) is 20.4. The lowest BCUT2D eigenvalue weighted by Crippen LogP contribution is -2.38. The van der Waals surface area contributed by atoms with Gasteiger partial charge in [-0.2, -0.15) is 0 Å². The predicted octanol–water partition coefficient (Wildman–Crippen LogP) is 3.98. The Labute approximate surface area is 190 Å². The Morgan fingerprint density at radius 1 is 1.32 bits per heavy atom. The van der Waals surface area contributed by atoms with Gasteiger partial charge >= 0.3 is 0 Å². The molecular weight excluding hydrogens is 432 g/mol. The van der Waals surface area contributed by atoms with Crippen molar-refractivity contribution in [2.75, 3.05) is 25.4 Å². The molecule has 3 aromatic rings. The Morgan fingerprint density at radius 2 is 2.06 bits per heavy atom. The van der Waals surface area contributed by atoms with Crippen LogP contribution in [0.2, 0.25) is 0 Å². The fraction of sp³-hybridized carbons (Fsp3) is 0.500. The SMILES string of the molecule is CCN(CC)C(CNC(=O)CSc1nc2sc(C)c(C)c2c(=O)n1CC)c1ccco1. The second-order valence-electron chi connectivity index (χ2n) is 7.25. The second kappa shape index (κ2) is 10.5. The summed E-state index contributed by atoms with van der Waals surface area (Å²) in [5.41, 5.74) is 0.964. The maximum absolute atomic E-state index is 12.9. The molecule has 0 fully saturated rings. The maximum Gasteiger partial charge on any atom is 0.263 e. The average Bonchev–Trinajstić information content (AvgIpc) is 3.38. The van der Waals surface area contributed by atoms with Crippen LogP contribution in [-0.4, -0.2) is 45.7 Å². The van der Waals surface area contributed by atoms with Crippen LogP contribution in [0.5, 0.6) is 0 Å². The van der Waals surface area contributed by atoms with Crippen molar-refractivity contribution in [1.29, 1.82) is 0 Å². The van der Waals surface area contributed by atoms with Crippen LogP contribution < -0.4 is 10.9 Å². The number of hydrogen-bond donors (Lipinski definition) is 1. The van der Waals surface area contributed by atoms with Crippen molar-refractivity contribution < 1.29 is 9.21 Å². The normalized spacial score (nSPS) is 12.6. The largest absolute Gasteiger partial charge is 0.468 e. The van der Waals surface area contributed by atoms with E-state index in [-0.39, 0.29) is 23.3 Å². The summed E-state index contributed by atoms with van der Waals surface area (Å²) >= 11 is 2.83. The van der Waals surface area contributed by atoms with Gasteiger partial charge in [0, 0.05) is 18.0 Å². The quantitative estimate of drug-likeness (QED) is 0.363. The number of likely N-dealkylation sites (N-methyl/N-ethyl adjacent to an activating group) is 1. The van der Waals surface area contributed by atoms with Gasteiger partial charge in [0.2, 0.25) is 5.91 Å². The van der Waals surface area contributed by atoms with Crippen molar-refractivity contribution in [1.82, 2.24) is 19.8 Å². The molecular formula is C22H30N4O3S2. The first kappa shape index (κ1) is 23.6. The summed E-state index contributed by atoms with van der Waals surface area (Å²) in [6.07, 6.45) is 1.66. The number of nitrogens with zero attached hydrogens (tertiary/aromatic N) is 3. The summed E-state index contributed by atoms with van der Waals surface area (Å²) in [5.74, 6) is 0.945. The fourth-order valence-electron chi connectivity index (χ4n) is 3.64. The second-order valence-corrected chi connectivity index (χ2v) is 9.40. The molecule has 1 amide bonds. The molecule has 0 aromatic carbocycles. The van der Waals surface area contributed by atoms with E-state index in [1.165, 1.54) is 23.1 Å². The highest BCUT2D eigenvalue weighted by molar-refractivity contribution is 7.99. The number of carbonyl (C=O) groups excluding carboxylic acids is 1. The summed E-state index contributed by atoms with van der Waals surface area (Å²) in [4.78, 5) is 34.3. The lowest BCUT2D eigenvalue weighted by molar-refractivity contribution is -0.118. The molecule has 0 bridgehead atoms. The average molecular weight is 463 g/mol. The lowest BCUT2D eigenvalue weighted by Gasteiger charge is -2.28. The highest BCUT2D eigenvalue weighted by Gasteiger charge is 2.22. The molecule has 3 heterocycles. The number of rotatable bonds is 10. The molecule has 0 saturated heterocycles. The van der Waals surface area contributed by atoms with E-state index in [0.29, 0.717) is 23.6 Å². The smallest absolute Gasteiger partial charge is 0.263 e. The minimum atomic E-state index is -0.0933. The topological polar surface area (TPSA) is 80.4 Å². The van der Waals surface area contributed by atoms with Crippen LogP contribution in [0.15, 0.2) is 32.8 Å². The highest BCUT2D eigenvalue weighted by Crippen LogP contribution is 2.28. The van der Waals surface area contributed by atoms with Gasteiger partial charge in [-0.1, -0.05) is 25.6 Å². The van der Waals surface area contributed by atoms with E-state index in [2.05, 4.69) is 24.1 Å². The van der Waals surface area contributed by atoms with Gasteiger partial charge in [-0.25, -0.2) is 4.98 Å². The summed E-state index contributed by atoms with van der Waals surface area (Å²) in [7, 11) is 0. The third-order valence-corrected chi connectivity index (χ3v) is 7.60. The first-order valence-electron chi connectivity index (χ1n) is 10.6. The molecule has 1 unspecified atom stereocenters. The number of hydrogen-bond acceptors (Lipinski definition) is 7. The molecule has 0 radical (unpaired) electrons. The molecule has 0 aliphatic carbocycles. The van der Waals surface area contributed by atoms with E-state index in [1.54, 1.807) is 10.8 Å². The fourth-order valence-corrected chi connectivity index (χ4v) is 5.61. The van der Waals surface area contributed by atoms with E-state index >= 15 is 0 Å². The number of thioether (sulfide) groups is 1. The third-order valence-electron chi connectivity index (χ3n) is 5.52. The Hall–Kier alpha value is -2.10. The molecule has 3 aromatic heterocycles. The predicted molar refractivity (Wildman–Crippen MR) is 127 cm³/mol. The van der Waals surface area contributed by atoms with Gasteiger partial charge in [-0.05, 0) is 51.6 Å².